The number of carbonyl (C=O) groups excluding carboxylic acids is 1. The van der Waals surface area contributed by atoms with Crippen LogP contribution in [-0.2, 0) is 11.2 Å². The molecular weight excluding hydrogens is 250 g/mol. The standard InChI is InChI=1S/C17H17NO2/c1-12-6-9-14(10-7-12)20-16-11-8-13-4-2-3-5-15(13)18-17(16)19/h2-7,9-10,16H,8,11H2,1H3,(H,18,19). The highest BCUT2D eigenvalue weighted by Crippen LogP contribution is 2.24. The van der Waals surface area contributed by atoms with E-state index in [2.05, 4.69) is 5.32 Å². The summed E-state index contributed by atoms with van der Waals surface area (Å²) < 4.78 is 5.82. The molecule has 1 N–H and O–H groups in total. The fraction of sp³-hybridized carbons (Fsp3) is 0.235. The van der Waals surface area contributed by atoms with Gasteiger partial charge in [0.15, 0.2) is 6.10 Å². The van der Waals surface area contributed by atoms with Crippen LogP contribution < -0.4 is 10.1 Å². The Bertz CT molecular complexity index is 619. The molecule has 0 bridgehead atoms. The van der Waals surface area contributed by atoms with Gasteiger partial charge in [-0.2, -0.15) is 0 Å². The van der Waals surface area contributed by atoms with E-state index in [9.17, 15) is 4.79 Å². The summed E-state index contributed by atoms with van der Waals surface area (Å²) in [6.45, 7) is 2.03. The van der Waals surface area contributed by atoms with Crippen LogP contribution in [0.2, 0.25) is 0 Å². The molecule has 1 heterocycles. The Morgan fingerprint density at radius 3 is 2.65 bits per heavy atom. The normalized spacial score (nSPS) is 17.9. The van der Waals surface area contributed by atoms with Crippen LogP contribution >= 0.6 is 0 Å². The van der Waals surface area contributed by atoms with Crippen LogP contribution in [0.1, 0.15) is 17.5 Å². The lowest BCUT2D eigenvalue weighted by atomic mass is 10.1. The molecule has 0 saturated carbocycles. The first-order valence-electron chi connectivity index (χ1n) is 6.84. The molecule has 2 aromatic carbocycles. The van der Waals surface area contributed by atoms with Crippen LogP contribution in [0, 0.1) is 6.92 Å². The zero-order chi connectivity index (χ0) is 13.9. The van der Waals surface area contributed by atoms with E-state index in [4.69, 9.17) is 4.74 Å². The summed E-state index contributed by atoms with van der Waals surface area (Å²) in [4.78, 5) is 12.2. The lowest BCUT2D eigenvalue weighted by molar-refractivity contribution is -0.122. The third-order valence-corrected chi connectivity index (χ3v) is 3.54. The molecule has 3 rings (SSSR count). The van der Waals surface area contributed by atoms with Crippen molar-refractivity contribution in [3.8, 4) is 5.75 Å². The Balaban J connectivity index is 1.76. The van der Waals surface area contributed by atoms with Gasteiger partial charge in [-0.05, 0) is 43.5 Å². The highest BCUT2D eigenvalue weighted by molar-refractivity contribution is 5.95. The molecule has 0 aromatic heterocycles. The monoisotopic (exact) mass is 267 g/mol. The average Bonchev–Trinajstić information content (AvgIpc) is 2.61. The van der Waals surface area contributed by atoms with Gasteiger partial charge in [-0.25, -0.2) is 0 Å². The minimum atomic E-state index is -0.440. The van der Waals surface area contributed by atoms with Crippen molar-refractivity contribution in [3.05, 3.63) is 59.7 Å². The van der Waals surface area contributed by atoms with Crippen molar-refractivity contribution >= 4 is 11.6 Å². The Labute approximate surface area is 118 Å². The molecule has 0 aliphatic carbocycles. The summed E-state index contributed by atoms with van der Waals surface area (Å²) in [5, 5.41) is 2.94. The summed E-state index contributed by atoms with van der Waals surface area (Å²) in [5.74, 6) is 0.664. The number of fused-ring (bicyclic) bond motifs is 1. The molecule has 0 fully saturated rings. The maximum absolute atomic E-state index is 12.2. The van der Waals surface area contributed by atoms with Crippen LogP contribution in [0.25, 0.3) is 0 Å². The first-order chi connectivity index (χ1) is 9.72. The van der Waals surface area contributed by atoms with Gasteiger partial charge in [-0.3, -0.25) is 4.79 Å². The first-order valence-corrected chi connectivity index (χ1v) is 6.84. The quantitative estimate of drug-likeness (QED) is 0.906. The molecule has 3 nitrogen and oxygen atoms in total. The van der Waals surface area contributed by atoms with Crippen molar-refractivity contribution in [3.63, 3.8) is 0 Å². The smallest absolute Gasteiger partial charge is 0.265 e. The Hall–Kier alpha value is -2.29. The molecule has 0 spiro atoms. The zero-order valence-electron chi connectivity index (χ0n) is 11.4. The second-order valence-corrected chi connectivity index (χ2v) is 5.10. The number of carbonyl (C=O) groups is 1. The number of hydrogen-bond donors (Lipinski definition) is 1. The lowest BCUT2D eigenvalue weighted by Crippen LogP contribution is -2.31. The van der Waals surface area contributed by atoms with Gasteiger partial charge in [0, 0.05) is 5.69 Å². The van der Waals surface area contributed by atoms with Crippen molar-refractivity contribution in [1.29, 1.82) is 0 Å². The zero-order valence-corrected chi connectivity index (χ0v) is 11.4. The van der Waals surface area contributed by atoms with E-state index in [0.29, 0.717) is 6.42 Å². The number of amides is 1. The fourth-order valence-corrected chi connectivity index (χ4v) is 2.38. The molecule has 1 aliphatic rings. The van der Waals surface area contributed by atoms with Crippen LogP contribution in [0.15, 0.2) is 48.5 Å². The van der Waals surface area contributed by atoms with Crippen molar-refractivity contribution in [2.75, 3.05) is 5.32 Å². The number of benzene rings is 2. The third-order valence-electron chi connectivity index (χ3n) is 3.54. The highest BCUT2D eigenvalue weighted by atomic mass is 16.5. The second kappa shape index (κ2) is 5.37. The molecule has 1 atom stereocenters. The Morgan fingerprint density at radius 1 is 1.10 bits per heavy atom. The van der Waals surface area contributed by atoms with Gasteiger partial charge in [-0.1, -0.05) is 35.9 Å². The maximum atomic E-state index is 12.2. The van der Waals surface area contributed by atoms with Crippen molar-refractivity contribution in [2.45, 2.75) is 25.9 Å². The summed E-state index contributed by atoms with van der Waals surface area (Å²) in [7, 11) is 0. The van der Waals surface area contributed by atoms with E-state index < -0.39 is 6.10 Å². The number of hydrogen-bond acceptors (Lipinski definition) is 2. The molecule has 2 aromatic rings. The number of aryl methyl sites for hydroxylation is 2. The SMILES string of the molecule is Cc1ccc(OC2CCc3ccccc3NC2=O)cc1. The van der Waals surface area contributed by atoms with Gasteiger partial charge in [0.25, 0.3) is 5.91 Å². The van der Waals surface area contributed by atoms with Crippen LogP contribution in [0.3, 0.4) is 0 Å². The summed E-state index contributed by atoms with van der Waals surface area (Å²) in [6.07, 6.45) is 1.09. The van der Waals surface area contributed by atoms with E-state index in [0.717, 1.165) is 23.4 Å². The maximum Gasteiger partial charge on any atom is 0.265 e. The van der Waals surface area contributed by atoms with Crippen LogP contribution in [0.5, 0.6) is 5.75 Å². The van der Waals surface area contributed by atoms with Gasteiger partial charge >= 0.3 is 0 Å². The molecule has 0 saturated heterocycles. The van der Waals surface area contributed by atoms with E-state index >= 15 is 0 Å². The molecule has 3 heteroatoms. The van der Waals surface area contributed by atoms with Gasteiger partial charge in [0.2, 0.25) is 0 Å². The summed E-state index contributed by atoms with van der Waals surface area (Å²) in [5.41, 5.74) is 3.23. The van der Waals surface area contributed by atoms with Gasteiger partial charge in [-0.15, -0.1) is 0 Å². The Kier molecular flexibility index (Phi) is 3.42. The summed E-state index contributed by atoms with van der Waals surface area (Å²) in [6, 6.07) is 15.7. The minimum Gasteiger partial charge on any atom is -0.481 e. The number of anilines is 1. The predicted molar refractivity (Wildman–Crippen MR) is 79.0 cm³/mol. The predicted octanol–water partition coefficient (Wildman–Crippen LogP) is 3.33. The third kappa shape index (κ3) is 2.67. The van der Waals surface area contributed by atoms with Gasteiger partial charge < -0.3 is 10.1 Å². The largest absolute Gasteiger partial charge is 0.481 e. The highest BCUT2D eigenvalue weighted by Gasteiger charge is 2.24. The average molecular weight is 267 g/mol. The van der Waals surface area contributed by atoms with Crippen molar-refractivity contribution < 1.29 is 9.53 Å². The molecular formula is C17H17NO2. The van der Waals surface area contributed by atoms with Crippen LogP contribution in [0.4, 0.5) is 5.69 Å². The molecule has 1 aliphatic heterocycles. The van der Waals surface area contributed by atoms with Gasteiger partial charge in [0.05, 0.1) is 0 Å². The number of ether oxygens (including phenoxy) is 1. The second-order valence-electron chi connectivity index (χ2n) is 5.10. The molecule has 102 valence electrons. The van der Waals surface area contributed by atoms with E-state index in [1.807, 2.05) is 55.5 Å². The minimum absolute atomic E-state index is 0.0736. The topological polar surface area (TPSA) is 38.3 Å². The molecule has 1 unspecified atom stereocenters. The van der Waals surface area contributed by atoms with E-state index in [-0.39, 0.29) is 5.91 Å². The van der Waals surface area contributed by atoms with Crippen molar-refractivity contribution in [1.82, 2.24) is 0 Å². The van der Waals surface area contributed by atoms with Crippen molar-refractivity contribution in [2.24, 2.45) is 0 Å². The summed E-state index contributed by atoms with van der Waals surface area (Å²) >= 11 is 0. The first kappa shape index (κ1) is 12.7. The van der Waals surface area contributed by atoms with Gasteiger partial charge in [0.1, 0.15) is 5.75 Å². The lowest BCUT2D eigenvalue weighted by Gasteiger charge is -2.16. The van der Waals surface area contributed by atoms with Crippen LogP contribution in [-0.4, -0.2) is 12.0 Å². The number of para-hydroxylation sites is 1. The Morgan fingerprint density at radius 2 is 1.85 bits per heavy atom. The molecule has 20 heavy (non-hydrogen) atoms. The molecule has 1 amide bonds. The van der Waals surface area contributed by atoms with E-state index in [1.54, 1.807) is 0 Å². The van der Waals surface area contributed by atoms with E-state index in [1.165, 1.54) is 5.56 Å². The fourth-order valence-electron chi connectivity index (χ4n) is 2.38. The number of rotatable bonds is 2. The molecule has 0 radical (unpaired) electrons. The number of nitrogens with one attached hydrogen (secondary N) is 1.